The summed E-state index contributed by atoms with van der Waals surface area (Å²) in [5.41, 5.74) is 5.11. The van der Waals surface area contributed by atoms with Gasteiger partial charge in [0.1, 0.15) is 5.65 Å². The molecule has 0 amide bonds. The Labute approximate surface area is 174 Å². The van der Waals surface area contributed by atoms with Gasteiger partial charge in [-0.3, -0.25) is 4.98 Å². The average molecular weight is 426 g/mol. The van der Waals surface area contributed by atoms with E-state index in [1.165, 1.54) is 17.9 Å². The molecule has 3 aromatic heterocycles. The van der Waals surface area contributed by atoms with Crippen molar-refractivity contribution >= 4 is 32.5 Å². The largest absolute Gasteiger partial charge is 0.346 e. The van der Waals surface area contributed by atoms with Crippen LogP contribution in [-0.4, -0.2) is 29.6 Å². The van der Waals surface area contributed by atoms with Gasteiger partial charge in [-0.1, -0.05) is 23.7 Å². The Morgan fingerprint density at radius 1 is 1.03 bits per heavy atom. The summed E-state index contributed by atoms with van der Waals surface area (Å²) < 4.78 is 23.2. The summed E-state index contributed by atoms with van der Waals surface area (Å²) >= 11 is 6.26. The van der Waals surface area contributed by atoms with E-state index in [2.05, 4.69) is 27.1 Å². The van der Waals surface area contributed by atoms with Crippen LogP contribution in [0.15, 0.2) is 66.0 Å². The van der Waals surface area contributed by atoms with Crippen molar-refractivity contribution in [3.05, 3.63) is 88.5 Å². The van der Waals surface area contributed by atoms with Crippen LogP contribution in [0, 0.1) is 0 Å². The van der Waals surface area contributed by atoms with Gasteiger partial charge in [0.15, 0.2) is 9.84 Å². The van der Waals surface area contributed by atoms with Crippen LogP contribution >= 0.6 is 11.6 Å². The molecule has 29 heavy (non-hydrogen) atoms. The molecule has 0 aliphatic carbocycles. The summed E-state index contributed by atoms with van der Waals surface area (Å²) in [7, 11) is -3.25. The molecule has 0 unspecified atom stereocenters. The van der Waals surface area contributed by atoms with Gasteiger partial charge in [0, 0.05) is 47.4 Å². The van der Waals surface area contributed by atoms with Crippen molar-refractivity contribution < 1.29 is 8.42 Å². The number of hydrogen-bond acceptors (Lipinski definition) is 4. The number of rotatable bonds is 6. The number of H-pyrrole nitrogens is 1. The minimum absolute atomic E-state index is 0.237. The van der Waals surface area contributed by atoms with E-state index < -0.39 is 9.84 Å². The predicted octanol–water partition coefficient (Wildman–Crippen LogP) is 4.39. The molecular weight excluding hydrogens is 406 g/mol. The van der Waals surface area contributed by atoms with Crippen molar-refractivity contribution in [1.82, 2.24) is 15.0 Å². The number of aromatic amines is 1. The second-order valence-corrected chi connectivity index (χ2v) is 9.50. The lowest BCUT2D eigenvalue weighted by Gasteiger charge is -2.07. The zero-order valence-corrected chi connectivity index (χ0v) is 17.5. The molecule has 1 N–H and O–H groups in total. The Hall–Kier alpha value is -2.70. The predicted molar refractivity (Wildman–Crippen MR) is 115 cm³/mol. The minimum atomic E-state index is -3.25. The summed E-state index contributed by atoms with van der Waals surface area (Å²) in [5.74, 6) is 0. The molecule has 0 spiro atoms. The maximum Gasteiger partial charge on any atom is 0.175 e. The van der Waals surface area contributed by atoms with Crippen LogP contribution in [0.25, 0.3) is 11.0 Å². The van der Waals surface area contributed by atoms with E-state index in [1.807, 2.05) is 24.5 Å². The number of nitrogens with one attached hydrogen (secondary N) is 1. The molecule has 0 atom stereocenters. The van der Waals surface area contributed by atoms with Gasteiger partial charge < -0.3 is 4.98 Å². The highest BCUT2D eigenvalue weighted by Crippen LogP contribution is 2.23. The van der Waals surface area contributed by atoms with Crippen LogP contribution < -0.4 is 0 Å². The first kappa shape index (κ1) is 19.6. The Morgan fingerprint density at radius 3 is 2.62 bits per heavy atom. The molecule has 0 fully saturated rings. The molecule has 7 heteroatoms. The Morgan fingerprint density at radius 2 is 1.90 bits per heavy atom. The smallest absolute Gasteiger partial charge is 0.175 e. The van der Waals surface area contributed by atoms with Gasteiger partial charge in [-0.25, -0.2) is 13.4 Å². The van der Waals surface area contributed by atoms with Gasteiger partial charge in [-0.15, -0.1) is 0 Å². The van der Waals surface area contributed by atoms with Gasteiger partial charge >= 0.3 is 0 Å². The monoisotopic (exact) mass is 425 g/mol. The van der Waals surface area contributed by atoms with Crippen molar-refractivity contribution in [3.8, 4) is 0 Å². The first-order valence-electron chi connectivity index (χ1n) is 9.23. The molecule has 0 saturated carbocycles. The number of aromatic nitrogens is 3. The SMILES string of the molecule is CS(=O)(=O)c1ccc(CCc2ccc(Cc3c[nH]c4ncccc34)cn2)c(Cl)c1. The molecule has 4 rings (SSSR count). The summed E-state index contributed by atoms with van der Waals surface area (Å²) in [6.45, 7) is 0. The normalized spacial score (nSPS) is 11.8. The molecule has 0 bridgehead atoms. The minimum Gasteiger partial charge on any atom is -0.346 e. The summed E-state index contributed by atoms with van der Waals surface area (Å²) in [5, 5.41) is 1.60. The van der Waals surface area contributed by atoms with E-state index in [4.69, 9.17) is 11.6 Å². The fourth-order valence-corrected chi connectivity index (χ4v) is 4.30. The number of aryl methyl sites for hydroxylation is 2. The van der Waals surface area contributed by atoms with Crippen LogP contribution in [0.2, 0.25) is 5.02 Å². The fourth-order valence-electron chi connectivity index (χ4n) is 3.31. The lowest BCUT2D eigenvalue weighted by molar-refractivity contribution is 0.602. The quantitative estimate of drug-likeness (QED) is 0.497. The first-order chi connectivity index (χ1) is 13.9. The van der Waals surface area contributed by atoms with E-state index in [9.17, 15) is 8.42 Å². The van der Waals surface area contributed by atoms with Gasteiger partial charge in [0.05, 0.1) is 4.90 Å². The topological polar surface area (TPSA) is 75.7 Å². The van der Waals surface area contributed by atoms with Crippen molar-refractivity contribution in [2.75, 3.05) is 6.26 Å². The lowest BCUT2D eigenvalue weighted by atomic mass is 10.0. The molecule has 1 aromatic carbocycles. The highest BCUT2D eigenvalue weighted by Gasteiger charge is 2.10. The number of fused-ring (bicyclic) bond motifs is 1. The van der Waals surface area contributed by atoms with E-state index in [0.29, 0.717) is 11.4 Å². The third kappa shape index (κ3) is 4.49. The summed E-state index contributed by atoms with van der Waals surface area (Å²) in [6, 6.07) is 13.0. The fraction of sp³-hybridized carbons (Fsp3) is 0.182. The second-order valence-electron chi connectivity index (χ2n) is 7.07. The number of hydrogen-bond donors (Lipinski definition) is 1. The highest BCUT2D eigenvalue weighted by atomic mass is 35.5. The van der Waals surface area contributed by atoms with Gasteiger partial charge in [0.25, 0.3) is 0 Å². The second kappa shape index (κ2) is 7.97. The maximum absolute atomic E-state index is 11.6. The number of nitrogens with zero attached hydrogens (tertiary/aromatic N) is 2. The average Bonchev–Trinajstić information content (AvgIpc) is 3.10. The van der Waals surface area contributed by atoms with Gasteiger partial charge in [0.2, 0.25) is 0 Å². The van der Waals surface area contributed by atoms with Crippen molar-refractivity contribution in [3.63, 3.8) is 0 Å². The van der Waals surface area contributed by atoms with Crippen LogP contribution in [0.3, 0.4) is 0 Å². The Kier molecular flexibility index (Phi) is 5.39. The Bertz CT molecular complexity index is 1260. The van der Waals surface area contributed by atoms with Crippen LogP contribution in [0.4, 0.5) is 0 Å². The van der Waals surface area contributed by atoms with Crippen LogP contribution in [0.1, 0.15) is 22.4 Å². The van der Waals surface area contributed by atoms with Gasteiger partial charge in [-0.2, -0.15) is 0 Å². The zero-order chi connectivity index (χ0) is 20.4. The third-order valence-corrected chi connectivity index (χ3v) is 6.38. The van der Waals surface area contributed by atoms with Crippen LogP contribution in [-0.2, 0) is 29.1 Å². The van der Waals surface area contributed by atoms with E-state index in [-0.39, 0.29) is 4.90 Å². The molecule has 3 heterocycles. The molecule has 5 nitrogen and oxygen atoms in total. The molecular formula is C22H20ClN3O2S. The molecule has 148 valence electrons. The lowest BCUT2D eigenvalue weighted by Crippen LogP contribution is -2.00. The zero-order valence-electron chi connectivity index (χ0n) is 15.9. The Balaban J connectivity index is 1.42. The highest BCUT2D eigenvalue weighted by molar-refractivity contribution is 7.90. The maximum atomic E-state index is 11.6. The van der Waals surface area contributed by atoms with E-state index in [1.54, 1.807) is 18.3 Å². The number of halogens is 1. The molecule has 0 radical (unpaired) electrons. The van der Waals surface area contributed by atoms with Crippen LogP contribution in [0.5, 0.6) is 0 Å². The van der Waals surface area contributed by atoms with Crippen molar-refractivity contribution in [1.29, 1.82) is 0 Å². The number of sulfone groups is 1. The molecule has 0 aliphatic rings. The molecule has 4 aromatic rings. The van der Waals surface area contributed by atoms with E-state index >= 15 is 0 Å². The summed E-state index contributed by atoms with van der Waals surface area (Å²) in [6.07, 6.45) is 9.07. The van der Waals surface area contributed by atoms with Crippen molar-refractivity contribution in [2.24, 2.45) is 0 Å². The van der Waals surface area contributed by atoms with Crippen molar-refractivity contribution in [2.45, 2.75) is 24.2 Å². The summed E-state index contributed by atoms with van der Waals surface area (Å²) in [4.78, 5) is 12.3. The first-order valence-corrected chi connectivity index (χ1v) is 11.5. The van der Waals surface area contributed by atoms with E-state index in [0.717, 1.165) is 40.7 Å². The van der Waals surface area contributed by atoms with Gasteiger partial charge in [-0.05, 0) is 59.9 Å². The molecule has 0 aliphatic heterocycles. The number of benzene rings is 1. The standard InChI is InChI=1S/C22H20ClN3O2S/c1-29(27,28)19-9-6-16(21(23)12-19)5-8-18-7-4-15(13-25-18)11-17-14-26-22-20(17)3-2-10-24-22/h2-4,6-7,9-10,12-14H,5,8,11H2,1H3,(H,24,26). The molecule has 0 saturated heterocycles. The number of pyridine rings is 2. The third-order valence-electron chi connectivity index (χ3n) is 4.92.